The molecule has 10 heteroatoms. The number of nitrogens with one attached hydrogen (secondary N) is 2. The summed E-state index contributed by atoms with van der Waals surface area (Å²) in [6, 6.07) is 18.6. The van der Waals surface area contributed by atoms with Crippen LogP contribution in [-0.2, 0) is 6.42 Å². The number of hydrogen-bond acceptors (Lipinski definition) is 8. The number of hydrogen-bond donors (Lipinski definition) is 5. The molecule has 248 valence electrons. The number of amides is 1. The maximum Gasteiger partial charge on any atom is 0.252 e. The summed E-state index contributed by atoms with van der Waals surface area (Å²) in [5, 5.41) is 24.4. The molecule has 1 aliphatic heterocycles. The molecular formula is C35H53N4O4PS. The molecule has 8 nitrogen and oxygen atoms in total. The molecule has 1 aromatic heterocycles. The summed E-state index contributed by atoms with van der Waals surface area (Å²) in [7, 11) is -1.99. The number of benzene rings is 2. The van der Waals surface area contributed by atoms with Crippen molar-refractivity contribution in [1.29, 1.82) is 0 Å². The van der Waals surface area contributed by atoms with E-state index >= 15 is 0 Å². The maximum atomic E-state index is 13.3. The average Bonchev–Trinajstić information content (AvgIpc) is 3.48. The van der Waals surface area contributed by atoms with E-state index in [0.29, 0.717) is 24.6 Å². The van der Waals surface area contributed by atoms with Crippen LogP contribution in [0.4, 0.5) is 5.69 Å². The molecule has 0 saturated carbocycles. The molecule has 1 fully saturated rings. The van der Waals surface area contributed by atoms with Crippen LogP contribution >= 0.6 is 19.6 Å². The lowest BCUT2D eigenvalue weighted by Crippen LogP contribution is -2.54. The van der Waals surface area contributed by atoms with E-state index in [0.717, 1.165) is 23.2 Å². The Morgan fingerprint density at radius 3 is 2.40 bits per heavy atom. The minimum absolute atomic E-state index is 0.117. The molecule has 0 spiro atoms. The van der Waals surface area contributed by atoms with Crippen LogP contribution in [0.25, 0.3) is 10.4 Å². The van der Waals surface area contributed by atoms with Crippen molar-refractivity contribution in [1.82, 2.24) is 15.2 Å². The van der Waals surface area contributed by atoms with E-state index in [9.17, 15) is 9.69 Å². The Hall–Kier alpha value is -2.36. The zero-order valence-electron chi connectivity index (χ0n) is 27.8. The number of thiophene rings is 1. The monoisotopic (exact) mass is 656 g/mol. The van der Waals surface area contributed by atoms with Crippen molar-refractivity contribution in [2.45, 2.75) is 92.2 Å². The molecule has 3 atom stereocenters. The largest absolute Gasteiger partial charge is 0.380 e. The normalized spacial score (nSPS) is 15.5. The summed E-state index contributed by atoms with van der Waals surface area (Å²) < 4.78 is 0. The van der Waals surface area contributed by atoms with E-state index in [1.807, 2.05) is 48.3 Å². The molecule has 1 amide bonds. The molecule has 2 heterocycles. The third-order valence-electron chi connectivity index (χ3n) is 8.23. The highest BCUT2D eigenvalue weighted by Crippen LogP contribution is 2.34. The highest BCUT2D eigenvalue weighted by atomic mass is 32.1. The van der Waals surface area contributed by atoms with Crippen LogP contribution in [0.2, 0.25) is 0 Å². The predicted octanol–water partition coefficient (Wildman–Crippen LogP) is 8.83. The van der Waals surface area contributed by atoms with E-state index in [2.05, 4.69) is 74.7 Å². The Morgan fingerprint density at radius 2 is 1.76 bits per heavy atom. The summed E-state index contributed by atoms with van der Waals surface area (Å²) in [5.41, 5.74) is 4.62. The summed E-state index contributed by atoms with van der Waals surface area (Å²) >= 11 is 1.85. The van der Waals surface area contributed by atoms with Crippen molar-refractivity contribution in [3.05, 3.63) is 76.2 Å². The van der Waals surface area contributed by atoms with E-state index in [4.69, 9.17) is 10.4 Å². The lowest BCUT2D eigenvalue weighted by molar-refractivity contribution is -0.230. The van der Waals surface area contributed by atoms with E-state index in [1.165, 1.54) is 47.4 Å². The number of carbonyl (C=O) groups excluding carboxylic acids is 1. The van der Waals surface area contributed by atoms with Gasteiger partial charge in [0.25, 0.3) is 5.91 Å². The Kier molecular flexibility index (Phi) is 15.4. The number of anilines is 1. The van der Waals surface area contributed by atoms with Crippen molar-refractivity contribution < 1.29 is 20.1 Å². The minimum atomic E-state index is -1.99. The fourth-order valence-electron chi connectivity index (χ4n) is 5.15. The minimum Gasteiger partial charge on any atom is -0.380 e. The molecular weight excluding hydrogens is 603 g/mol. The second-order valence-corrected chi connectivity index (χ2v) is 14.8. The van der Waals surface area contributed by atoms with Crippen LogP contribution in [0.5, 0.6) is 0 Å². The molecule has 3 aromatic rings. The molecule has 0 radical (unpaired) electrons. The quantitative estimate of drug-likeness (QED) is 0.0632. The topological polar surface area (TPSA) is 108 Å². The maximum absolute atomic E-state index is 13.3. The average molecular weight is 657 g/mol. The van der Waals surface area contributed by atoms with Gasteiger partial charge in [-0.25, -0.2) is 0 Å². The molecule has 0 aliphatic carbocycles. The Balaban J connectivity index is 0.000000838. The Morgan fingerprint density at radius 1 is 1.04 bits per heavy atom. The van der Waals surface area contributed by atoms with E-state index < -0.39 is 8.30 Å². The van der Waals surface area contributed by atoms with Gasteiger partial charge < -0.3 is 15.5 Å². The Bertz CT molecular complexity index is 1330. The third-order valence-corrected chi connectivity index (χ3v) is 10.4. The number of likely N-dealkylation sites (tertiary alicyclic amines) is 1. The van der Waals surface area contributed by atoms with Gasteiger partial charge >= 0.3 is 0 Å². The number of rotatable bonds is 15. The van der Waals surface area contributed by atoms with Crippen LogP contribution in [0, 0.1) is 12.8 Å². The molecule has 1 aliphatic rings. The van der Waals surface area contributed by atoms with E-state index in [-0.39, 0.29) is 29.3 Å². The number of carbonyl (C=O) groups is 1. The standard InChI is InChI=1S/C29H39N4O4PS.C6H14/c1-5-19(2)13-26-11-12-28(39-26)23-8-6-7-22(14-23)21(4)30-29(34)27-15-24(10-9-20(27)3)31-25-16-32(17-25)18-38(37)33(35)36;1-3-5-6-4-2/h6-12,14-15,19,21,25,31,35-37H,5,13,16-18H2,1-4H3,(H,30,34);3-6H2,1-2H3/t19-,21?,38?;/m1./s1. The van der Waals surface area contributed by atoms with Crippen LogP contribution in [0.3, 0.4) is 0 Å². The molecule has 1 saturated heterocycles. The molecule has 4 rings (SSSR count). The molecule has 0 bridgehead atoms. The first-order valence-electron chi connectivity index (χ1n) is 16.3. The van der Waals surface area contributed by atoms with Gasteiger partial charge in [-0.05, 0) is 78.2 Å². The van der Waals surface area contributed by atoms with Crippen LogP contribution in [0.15, 0.2) is 54.6 Å². The zero-order valence-corrected chi connectivity index (χ0v) is 29.5. The lowest BCUT2D eigenvalue weighted by Gasteiger charge is -2.40. The van der Waals surface area contributed by atoms with Gasteiger partial charge in [-0.3, -0.25) is 20.1 Å². The number of aryl methyl sites for hydroxylation is 1. The first kappa shape index (κ1) is 37.1. The van der Waals surface area contributed by atoms with Crippen LogP contribution < -0.4 is 10.6 Å². The molecule has 45 heavy (non-hydrogen) atoms. The van der Waals surface area contributed by atoms with E-state index in [1.54, 1.807) is 0 Å². The van der Waals surface area contributed by atoms with Gasteiger partial charge in [0.1, 0.15) is 0 Å². The number of unbranched alkanes of at least 4 members (excludes halogenated alkanes) is 3. The number of nitrogens with zero attached hydrogens (tertiary/aromatic N) is 2. The summed E-state index contributed by atoms with van der Waals surface area (Å²) in [6.07, 6.45) is 8.02. The fourth-order valence-corrected chi connectivity index (χ4v) is 7.02. The highest BCUT2D eigenvalue weighted by Gasteiger charge is 2.30. The summed E-state index contributed by atoms with van der Waals surface area (Å²) in [6.45, 7) is 14.3. The Labute approximate surface area is 275 Å². The zero-order chi connectivity index (χ0) is 32.9. The van der Waals surface area contributed by atoms with Gasteiger partial charge in [0, 0.05) is 34.1 Å². The molecule has 5 N–H and O–H groups in total. The second-order valence-electron chi connectivity index (χ2n) is 12.2. The van der Waals surface area contributed by atoms with Crippen molar-refractivity contribution in [2.75, 3.05) is 24.7 Å². The van der Waals surface area contributed by atoms with Crippen molar-refractivity contribution in [3.63, 3.8) is 0 Å². The highest BCUT2D eigenvalue weighted by molar-refractivity contribution is 7.48. The van der Waals surface area contributed by atoms with Gasteiger partial charge in [0.2, 0.25) is 0 Å². The van der Waals surface area contributed by atoms with Gasteiger partial charge in [0.15, 0.2) is 8.30 Å². The first-order chi connectivity index (χ1) is 21.5. The van der Waals surface area contributed by atoms with Crippen molar-refractivity contribution >= 4 is 31.2 Å². The fraction of sp³-hybridized carbons (Fsp3) is 0.514. The predicted molar refractivity (Wildman–Crippen MR) is 188 cm³/mol. The van der Waals surface area contributed by atoms with Gasteiger partial charge in [-0.1, -0.05) is 84.1 Å². The van der Waals surface area contributed by atoms with Gasteiger partial charge in [-0.15, -0.1) is 11.3 Å². The molecule has 2 aromatic carbocycles. The summed E-state index contributed by atoms with van der Waals surface area (Å²) in [4.78, 5) is 27.4. The third kappa shape index (κ3) is 11.7. The van der Waals surface area contributed by atoms with Crippen molar-refractivity contribution in [3.8, 4) is 10.4 Å². The van der Waals surface area contributed by atoms with Crippen LogP contribution in [-0.4, -0.2) is 56.5 Å². The lowest BCUT2D eigenvalue weighted by atomic mass is 10.0. The smallest absolute Gasteiger partial charge is 0.252 e. The SMILES string of the molecule is CCCCCC.CC[C@@H](C)Cc1ccc(-c2cccc(C(C)NC(=O)c3cc(NC4CN(CP(O)N(O)O)C4)ccc3C)c2)s1. The van der Waals surface area contributed by atoms with Crippen molar-refractivity contribution in [2.24, 2.45) is 5.92 Å². The summed E-state index contributed by atoms with van der Waals surface area (Å²) in [5.74, 6) is 0.562. The second kappa shape index (κ2) is 18.7. The van der Waals surface area contributed by atoms with Gasteiger partial charge in [0.05, 0.1) is 18.4 Å². The molecule has 2 unspecified atom stereocenters. The van der Waals surface area contributed by atoms with Gasteiger partial charge in [-0.2, -0.15) is 0 Å². The first-order valence-corrected chi connectivity index (χ1v) is 18.5. The van der Waals surface area contributed by atoms with Crippen LogP contribution in [0.1, 0.15) is 99.1 Å².